The summed E-state index contributed by atoms with van der Waals surface area (Å²) in [6.45, 7) is 2.90. The first-order valence-corrected chi connectivity index (χ1v) is 22.7. The van der Waals surface area contributed by atoms with Crippen molar-refractivity contribution in [1.29, 1.82) is 0 Å². The van der Waals surface area contributed by atoms with E-state index in [1.165, 1.54) is 89.9 Å². The Morgan fingerprint density at radius 1 is 0.435 bits per heavy atom. The van der Waals surface area contributed by atoms with Crippen molar-refractivity contribution in [1.82, 2.24) is 45.2 Å². The molecular weight excluding hydrogens is 818 g/mol. The fraction of sp³-hybridized carbons (Fsp3) is 0.353. The minimum atomic E-state index is -0.136. The van der Waals surface area contributed by atoms with Gasteiger partial charge in [0.2, 0.25) is 0 Å². The van der Waals surface area contributed by atoms with E-state index in [1.54, 1.807) is 0 Å². The minimum absolute atomic E-state index is 0. The van der Waals surface area contributed by atoms with Crippen molar-refractivity contribution in [2.75, 3.05) is 6.54 Å². The molecule has 2 aliphatic rings. The molecule has 0 saturated heterocycles. The summed E-state index contributed by atoms with van der Waals surface area (Å²) in [4.78, 5) is 51.5. The molecule has 2 aliphatic heterocycles. The Kier molecular flexibility index (Phi) is 14.1. The second-order valence-corrected chi connectivity index (χ2v) is 16.5. The molecule has 0 spiro atoms. The summed E-state index contributed by atoms with van der Waals surface area (Å²) in [6.07, 6.45) is 21.0. The van der Waals surface area contributed by atoms with Crippen LogP contribution in [0.2, 0.25) is 0 Å². The molecular formula is C51H55CuN9O. The van der Waals surface area contributed by atoms with Gasteiger partial charge in [0.25, 0.3) is 5.91 Å². The number of carbonyl (C=O) groups excluding carboxylic acids is 1. The molecule has 0 fully saturated rings. The predicted molar refractivity (Wildman–Crippen MR) is 248 cm³/mol. The van der Waals surface area contributed by atoms with E-state index < -0.39 is 0 Å². The Balaban J connectivity index is 0.00000529. The molecule has 0 atom stereocenters. The molecule has 1 radical (unpaired) electrons. The van der Waals surface area contributed by atoms with E-state index in [2.05, 4.69) is 22.2 Å². The fourth-order valence-corrected chi connectivity index (χ4v) is 8.85. The van der Waals surface area contributed by atoms with E-state index in [1.807, 2.05) is 91.0 Å². The van der Waals surface area contributed by atoms with Crippen LogP contribution in [0.15, 0.2) is 91.0 Å². The van der Waals surface area contributed by atoms with Gasteiger partial charge in [-0.25, -0.2) is 29.9 Å². The van der Waals surface area contributed by atoms with Gasteiger partial charge in [-0.1, -0.05) is 188 Å². The van der Waals surface area contributed by atoms with Crippen molar-refractivity contribution in [3.8, 4) is 45.6 Å². The Morgan fingerprint density at radius 3 is 1.27 bits per heavy atom. The maximum atomic E-state index is 14.0. The van der Waals surface area contributed by atoms with Crippen LogP contribution < -0.4 is 5.32 Å². The molecule has 10 nitrogen and oxygen atoms in total. The van der Waals surface area contributed by atoms with Gasteiger partial charge in [0.05, 0.1) is 5.56 Å². The number of amides is 1. The van der Waals surface area contributed by atoms with E-state index in [-0.39, 0.29) is 23.0 Å². The zero-order valence-corrected chi connectivity index (χ0v) is 36.5. The molecule has 0 saturated carbocycles. The normalized spacial score (nSPS) is 11.7. The first-order valence-electron chi connectivity index (χ1n) is 22.7. The second kappa shape index (κ2) is 20.4. The maximum absolute atomic E-state index is 14.0. The Labute approximate surface area is 373 Å². The number of rotatable bonds is 18. The number of nitrogens with zero attached hydrogens (tertiary/aromatic N) is 6. The van der Waals surface area contributed by atoms with Crippen molar-refractivity contribution in [3.63, 3.8) is 0 Å². The molecule has 0 unspecified atom stereocenters. The van der Waals surface area contributed by atoms with Gasteiger partial charge in [-0.2, -0.15) is 0 Å². The molecule has 7 aromatic rings. The summed E-state index contributed by atoms with van der Waals surface area (Å²) in [5, 5.41) is 6.51. The molecule has 11 heteroatoms. The monoisotopic (exact) mass is 872 g/mol. The van der Waals surface area contributed by atoms with E-state index in [9.17, 15) is 4.79 Å². The van der Waals surface area contributed by atoms with E-state index in [4.69, 9.17) is 29.9 Å². The summed E-state index contributed by atoms with van der Waals surface area (Å²) in [5.41, 5.74) is 6.35. The first-order chi connectivity index (χ1) is 30.2. The van der Waals surface area contributed by atoms with Gasteiger partial charge < -0.3 is 15.3 Å². The summed E-state index contributed by atoms with van der Waals surface area (Å²) in [6, 6.07) is 29.8. The third-order valence-electron chi connectivity index (χ3n) is 12.1. The van der Waals surface area contributed by atoms with E-state index in [0.29, 0.717) is 63.4 Å². The van der Waals surface area contributed by atoms with Crippen molar-refractivity contribution >= 4 is 50.0 Å². The molecule has 5 heterocycles. The average Bonchev–Trinajstić information content (AvgIpc) is 4.03. The van der Waals surface area contributed by atoms with Crippen LogP contribution in [-0.4, -0.2) is 52.3 Å². The zero-order valence-electron chi connectivity index (χ0n) is 35.6. The van der Waals surface area contributed by atoms with Crippen molar-refractivity contribution in [3.05, 3.63) is 96.6 Å². The van der Waals surface area contributed by atoms with Gasteiger partial charge in [-0.3, -0.25) is 4.79 Å². The van der Waals surface area contributed by atoms with Gasteiger partial charge in [0.15, 0.2) is 23.3 Å². The average molecular weight is 874 g/mol. The first kappa shape index (κ1) is 42.9. The molecule has 4 aromatic carbocycles. The van der Waals surface area contributed by atoms with Gasteiger partial charge >= 0.3 is 0 Å². The Bertz CT molecular complexity index is 2840. The fourth-order valence-electron chi connectivity index (χ4n) is 8.85. The van der Waals surface area contributed by atoms with E-state index in [0.717, 1.165) is 51.3 Å². The largest absolute Gasteiger partial charge is 0.352 e. The minimum Gasteiger partial charge on any atom is -0.352 e. The van der Waals surface area contributed by atoms with Crippen molar-refractivity contribution < 1.29 is 21.9 Å². The Hall–Kier alpha value is -5.77. The SMILES string of the molecule is CCCCCCCCCCCCCCCCCCNC(=O)c1cccc2c3nc4nc(nc5[nH]c(nc6nc(nc([nH]3)c12)-c1ccccc1-6)c1ccccc51)-c1ccccc1-4.[Cu]. The zero-order chi connectivity index (χ0) is 41.4. The maximum Gasteiger partial charge on any atom is 0.252 e. The molecule has 3 N–H and O–H groups in total. The van der Waals surface area contributed by atoms with Gasteiger partial charge in [0.1, 0.15) is 22.6 Å². The predicted octanol–water partition coefficient (Wildman–Crippen LogP) is 12.9. The Morgan fingerprint density at radius 2 is 0.806 bits per heavy atom. The number of aromatic amines is 2. The third kappa shape index (κ3) is 9.34. The number of hydrogen-bond acceptors (Lipinski definition) is 7. The van der Waals surface area contributed by atoms with Crippen LogP contribution in [0, 0.1) is 0 Å². The summed E-state index contributed by atoms with van der Waals surface area (Å²) < 4.78 is 0. The quantitative estimate of drug-likeness (QED) is 0.0576. The van der Waals surface area contributed by atoms with Gasteiger partial charge in [0, 0.05) is 67.4 Å². The number of fused-ring (bicyclic) bond motifs is 20. The molecule has 8 bridgehead atoms. The molecule has 62 heavy (non-hydrogen) atoms. The molecule has 321 valence electrons. The van der Waals surface area contributed by atoms with Crippen LogP contribution in [0.25, 0.3) is 89.7 Å². The van der Waals surface area contributed by atoms with Crippen molar-refractivity contribution in [2.45, 2.75) is 110 Å². The number of carbonyl (C=O) groups is 1. The molecule has 3 aromatic heterocycles. The summed E-state index contributed by atoms with van der Waals surface area (Å²) in [5.74, 6) is 1.97. The molecule has 0 aliphatic carbocycles. The van der Waals surface area contributed by atoms with Gasteiger partial charge in [-0.15, -0.1) is 0 Å². The van der Waals surface area contributed by atoms with Gasteiger partial charge in [-0.05, 0) is 12.5 Å². The molecule has 9 rings (SSSR count). The van der Waals surface area contributed by atoms with Crippen LogP contribution in [-0.2, 0) is 17.1 Å². The summed E-state index contributed by atoms with van der Waals surface area (Å²) >= 11 is 0. The van der Waals surface area contributed by atoms with Crippen LogP contribution in [0.5, 0.6) is 0 Å². The standard InChI is InChI=1S/C51H55N9O.Cu/c1-2-3-4-5-6-7-8-9-10-11-12-13-14-15-16-23-33-52-51(61)41-32-24-31-40-42(41)50-59-48-39-30-22-21-29-38(39)46(57-48)55-44-35-26-18-17-25-34(35)43(53-44)54-45-36-27-19-20-28-37(36)47(56-45)58-49(40)60-50;/h17-22,24-32H,2-16,23,33H2,1H3,(H,52,61)(H2,53,54,55,56,57,58,59,60);. The van der Waals surface area contributed by atoms with Crippen LogP contribution in [0.1, 0.15) is 120 Å². The summed E-state index contributed by atoms with van der Waals surface area (Å²) in [7, 11) is 0. The number of H-pyrrole nitrogens is 2. The number of nitrogens with one attached hydrogen (secondary N) is 3. The topological polar surface area (TPSA) is 138 Å². The second-order valence-electron chi connectivity index (χ2n) is 16.5. The number of hydrogen-bond donors (Lipinski definition) is 3. The van der Waals surface area contributed by atoms with E-state index >= 15 is 0 Å². The number of benzene rings is 4. The third-order valence-corrected chi connectivity index (χ3v) is 12.1. The van der Waals surface area contributed by atoms with Crippen LogP contribution in [0.3, 0.4) is 0 Å². The van der Waals surface area contributed by atoms with Crippen LogP contribution >= 0.6 is 0 Å². The molecule has 1 amide bonds. The van der Waals surface area contributed by atoms with Crippen LogP contribution in [0.4, 0.5) is 0 Å². The number of aromatic nitrogens is 8. The van der Waals surface area contributed by atoms with Crippen molar-refractivity contribution in [2.24, 2.45) is 0 Å². The smallest absolute Gasteiger partial charge is 0.252 e. The number of unbranched alkanes of at least 4 members (excludes halogenated alkanes) is 15.